The fraction of sp³-hybridized carbons (Fsp3) is 0.500. The predicted octanol–water partition coefficient (Wildman–Crippen LogP) is 1.74. The number of nitrogens with one attached hydrogen (secondary N) is 2. The van der Waals surface area contributed by atoms with E-state index in [4.69, 9.17) is 5.73 Å². The quantitative estimate of drug-likeness (QED) is 0.719. The molecule has 1 fully saturated rings. The third-order valence-electron chi connectivity index (χ3n) is 4.65. The smallest absolute Gasteiger partial charge is 0.271 e. The largest absolute Gasteiger partial charge is 0.364 e. The summed E-state index contributed by atoms with van der Waals surface area (Å²) in [4.78, 5) is 22.7. The van der Waals surface area contributed by atoms with Crippen LogP contribution in [0.5, 0.6) is 0 Å². The standard InChI is InChI=1S/C16H23N7OS/c1-18-11-5-3-4-6-12(11)23(2)13-8-19-14(15(17)24)16(22-13)21-10-7-20-25-9-10/h7-9,11-12,18H,3-6H2,1-2H3,(H2,17,24)(H,21,22). The number of primary amides is 1. The number of carbonyl (C=O) groups excluding carboxylic acids is 1. The Balaban J connectivity index is 1.89. The van der Waals surface area contributed by atoms with Crippen molar-refractivity contribution in [3.8, 4) is 0 Å². The minimum absolute atomic E-state index is 0.122. The van der Waals surface area contributed by atoms with Crippen LogP contribution in [0.1, 0.15) is 36.2 Å². The van der Waals surface area contributed by atoms with Gasteiger partial charge in [0.1, 0.15) is 5.82 Å². The van der Waals surface area contributed by atoms with Crippen molar-refractivity contribution in [1.29, 1.82) is 0 Å². The fourth-order valence-electron chi connectivity index (χ4n) is 3.30. The molecule has 1 saturated carbocycles. The van der Waals surface area contributed by atoms with E-state index in [-0.39, 0.29) is 5.69 Å². The van der Waals surface area contributed by atoms with Gasteiger partial charge in [-0.2, -0.15) is 4.37 Å². The first kappa shape index (κ1) is 17.6. The highest BCUT2D eigenvalue weighted by molar-refractivity contribution is 7.04. The van der Waals surface area contributed by atoms with Gasteiger partial charge in [-0.05, 0) is 31.4 Å². The van der Waals surface area contributed by atoms with E-state index >= 15 is 0 Å². The predicted molar refractivity (Wildman–Crippen MR) is 99.5 cm³/mol. The second-order valence-electron chi connectivity index (χ2n) is 6.19. The van der Waals surface area contributed by atoms with E-state index in [1.165, 1.54) is 24.4 Å². The average molecular weight is 361 g/mol. The molecule has 134 valence electrons. The van der Waals surface area contributed by atoms with Crippen LogP contribution >= 0.6 is 11.5 Å². The normalized spacial score (nSPS) is 20.2. The Bertz CT molecular complexity index is 721. The lowest BCUT2D eigenvalue weighted by Gasteiger charge is -2.38. The van der Waals surface area contributed by atoms with Crippen LogP contribution in [0.2, 0.25) is 0 Å². The van der Waals surface area contributed by atoms with Gasteiger partial charge in [-0.25, -0.2) is 9.97 Å². The number of amides is 1. The van der Waals surface area contributed by atoms with Crippen LogP contribution in [0.3, 0.4) is 0 Å². The Morgan fingerprint density at radius 1 is 1.36 bits per heavy atom. The van der Waals surface area contributed by atoms with Crippen molar-refractivity contribution in [2.45, 2.75) is 37.8 Å². The van der Waals surface area contributed by atoms with Gasteiger partial charge in [-0.1, -0.05) is 12.8 Å². The molecule has 0 radical (unpaired) electrons. The maximum atomic E-state index is 11.7. The van der Waals surface area contributed by atoms with Gasteiger partial charge in [0.2, 0.25) is 0 Å². The highest BCUT2D eigenvalue weighted by Crippen LogP contribution is 2.27. The first-order valence-corrected chi connectivity index (χ1v) is 9.17. The van der Waals surface area contributed by atoms with Gasteiger partial charge in [-0.3, -0.25) is 4.79 Å². The van der Waals surface area contributed by atoms with Gasteiger partial charge < -0.3 is 21.3 Å². The maximum absolute atomic E-state index is 11.7. The fourth-order valence-corrected chi connectivity index (χ4v) is 3.77. The van der Waals surface area contributed by atoms with Gasteiger partial charge in [0.05, 0.1) is 18.1 Å². The highest BCUT2D eigenvalue weighted by atomic mass is 32.1. The molecular formula is C16H23N7OS. The monoisotopic (exact) mass is 361 g/mol. The van der Waals surface area contributed by atoms with E-state index in [0.717, 1.165) is 18.5 Å². The lowest BCUT2D eigenvalue weighted by Crippen LogP contribution is -2.49. The number of hydrogen-bond donors (Lipinski definition) is 3. The maximum Gasteiger partial charge on any atom is 0.271 e. The van der Waals surface area contributed by atoms with Crippen molar-refractivity contribution < 1.29 is 4.79 Å². The molecule has 2 heterocycles. The summed E-state index contributed by atoms with van der Waals surface area (Å²) in [6.45, 7) is 0. The second-order valence-corrected chi connectivity index (χ2v) is 6.84. The molecule has 2 aromatic heterocycles. The van der Waals surface area contributed by atoms with Crippen LogP contribution < -0.4 is 21.3 Å². The zero-order chi connectivity index (χ0) is 17.8. The van der Waals surface area contributed by atoms with E-state index in [0.29, 0.717) is 23.7 Å². The first-order valence-electron chi connectivity index (χ1n) is 8.33. The molecule has 3 rings (SSSR count). The molecule has 2 aromatic rings. The second kappa shape index (κ2) is 7.75. The van der Waals surface area contributed by atoms with E-state index in [9.17, 15) is 4.79 Å². The van der Waals surface area contributed by atoms with E-state index in [1.807, 2.05) is 19.5 Å². The van der Waals surface area contributed by atoms with Gasteiger partial charge in [0.15, 0.2) is 11.5 Å². The molecule has 0 bridgehead atoms. The Labute approximate surface area is 151 Å². The Morgan fingerprint density at radius 3 is 2.84 bits per heavy atom. The summed E-state index contributed by atoms with van der Waals surface area (Å²) in [7, 11) is 4.01. The molecule has 0 aliphatic heterocycles. The Kier molecular flexibility index (Phi) is 5.44. The molecule has 1 amide bonds. The van der Waals surface area contributed by atoms with Crippen LogP contribution in [0.15, 0.2) is 17.8 Å². The SMILES string of the molecule is CNC1CCCCC1N(C)c1cnc(C(N)=O)c(Nc2cnsc2)n1. The molecule has 0 aromatic carbocycles. The molecule has 4 N–H and O–H groups in total. The zero-order valence-corrected chi connectivity index (χ0v) is 15.2. The summed E-state index contributed by atoms with van der Waals surface area (Å²) in [6, 6.07) is 0.747. The van der Waals surface area contributed by atoms with Crippen LogP contribution in [0, 0.1) is 0 Å². The van der Waals surface area contributed by atoms with E-state index < -0.39 is 5.91 Å². The van der Waals surface area contributed by atoms with Crippen molar-refractivity contribution in [1.82, 2.24) is 19.7 Å². The van der Waals surface area contributed by atoms with Crippen LogP contribution in [-0.2, 0) is 0 Å². The first-order chi connectivity index (χ1) is 12.1. The summed E-state index contributed by atoms with van der Waals surface area (Å²) in [5.74, 6) is 0.454. The summed E-state index contributed by atoms with van der Waals surface area (Å²) in [5, 5.41) is 8.32. The summed E-state index contributed by atoms with van der Waals surface area (Å²) in [5.41, 5.74) is 6.32. The van der Waals surface area contributed by atoms with E-state index in [1.54, 1.807) is 12.4 Å². The molecule has 0 saturated heterocycles. The number of anilines is 3. The molecular weight excluding hydrogens is 338 g/mol. The third kappa shape index (κ3) is 3.88. The Hall–Kier alpha value is -2.26. The van der Waals surface area contributed by atoms with Crippen molar-refractivity contribution in [3.63, 3.8) is 0 Å². The summed E-state index contributed by atoms with van der Waals surface area (Å²) in [6.07, 6.45) is 7.96. The van der Waals surface area contributed by atoms with Crippen molar-refractivity contribution in [3.05, 3.63) is 23.5 Å². The molecule has 8 nitrogen and oxygen atoms in total. The topological polar surface area (TPSA) is 109 Å². The van der Waals surface area contributed by atoms with Gasteiger partial charge in [-0.15, -0.1) is 0 Å². The number of likely N-dealkylation sites (N-methyl/N-ethyl adjacent to an activating group) is 2. The van der Waals surface area contributed by atoms with Gasteiger partial charge in [0, 0.05) is 24.5 Å². The van der Waals surface area contributed by atoms with Gasteiger partial charge >= 0.3 is 0 Å². The zero-order valence-electron chi connectivity index (χ0n) is 14.4. The van der Waals surface area contributed by atoms with Crippen LogP contribution in [-0.4, -0.2) is 46.4 Å². The van der Waals surface area contributed by atoms with Crippen LogP contribution in [0.25, 0.3) is 0 Å². The number of hydrogen-bond acceptors (Lipinski definition) is 8. The minimum Gasteiger partial charge on any atom is -0.364 e. The lowest BCUT2D eigenvalue weighted by atomic mass is 9.89. The van der Waals surface area contributed by atoms with Gasteiger partial charge in [0.25, 0.3) is 5.91 Å². The molecule has 9 heteroatoms. The molecule has 0 spiro atoms. The number of aromatic nitrogens is 3. The number of nitrogens with zero attached hydrogens (tertiary/aromatic N) is 4. The molecule has 25 heavy (non-hydrogen) atoms. The summed E-state index contributed by atoms with van der Waals surface area (Å²) < 4.78 is 4.04. The molecule has 2 unspecified atom stereocenters. The average Bonchev–Trinajstić information content (AvgIpc) is 3.13. The van der Waals surface area contributed by atoms with Crippen molar-refractivity contribution >= 4 is 34.8 Å². The lowest BCUT2D eigenvalue weighted by molar-refractivity contribution is 0.0996. The minimum atomic E-state index is -0.613. The Morgan fingerprint density at radius 2 is 2.16 bits per heavy atom. The van der Waals surface area contributed by atoms with Crippen molar-refractivity contribution in [2.24, 2.45) is 5.73 Å². The number of nitrogens with two attached hydrogens (primary N) is 1. The van der Waals surface area contributed by atoms with Crippen molar-refractivity contribution in [2.75, 3.05) is 24.3 Å². The molecule has 2 atom stereocenters. The number of rotatable bonds is 6. The van der Waals surface area contributed by atoms with Crippen LogP contribution in [0.4, 0.5) is 17.3 Å². The third-order valence-corrected chi connectivity index (χ3v) is 5.23. The van der Waals surface area contributed by atoms with E-state index in [2.05, 4.69) is 29.9 Å². The number of carbonyl (C=O) groups is 1. The summed E-state index contributed by atoms with van der Waals surface area (Å²) >= 11 is 1.31. The highest BCUT2D eigenvalue weighted by Gasteiger charge is 2.28. The molecule has 1 aliphatic rings. The molecule has 1 aliphatic carbocycles.